The molecule has 0 aromatic heterocycles. The Bertz CT molecular complexity index is 893. The number of nitrogens with zero attached hydrogens (tertiary/aromatic N) is 3. The van der Waals surface area contributed by atoms with E-state index in [1.165, 1.54) is 0 Å². The molecule has 0 spiro atoms. The van der Waals surface area contributed by atoms with Crippen molar-refractivity contribution in [1.82, 2.24) is 0 Å². The first-order chi connectivity index (χ1) is 12.6. The zero-order valence-corrected chi connectivity index (χ0v) is 14.7. The van der Waals surface area contributed by atoms with E-state index in [1.807, 2.05) is 37.3 Å². The van der Waals surface area contributed by atoms with Crippen molar-refractivity contribution in [3.63, 3.8) is 0 Å². The van der Waals surface area contributed by atoms with Crippen molar-refractivity contribution in [2.75, 3.05) is 6.61 Å². The molecule has 0 amide bonds. The fraction of sp³-hybridized carbons (Fsp3) is 0.381. The highest BCUT2D eigenvalue weighted by molar-refractivity contribution is 5.60. The molecule has 0 radical (unpaired) electrons. The number of benzene rings is 1. The summed E-state index contributed by atoms with van der Waals surface area (Å²) >= 11 is 0. The average Bonchev–Trinajstić information content (AvgIpc) is 2.68. The molecule has 0 aliphatic heterocycles. The Kier molecular flexibility index (Phi) is 4.70. The Balaban J connectivity index is 2.33. The summed E-state index contributed by atoms with van der Waals surface area (Å²) in [5.41, 5.74) is 6.72. The first kappa shape index (κ1) is 17.6. The van der Waals surface area contributed by atoms with E-state index in [0.717, 1.165) is 30.4 Å². The fourth-order valence-electron chi connectivity index (χ4n) is 4.24. The van der Waals surface area contributed by atoms with E-state index < -0.39 is 11.3 Å². The largest absolute Gasteiger partial charge is 0.494 e. The summed E-state index contributed by atoms with van der Waals surface area (Å²) in [5, 5.41) is 29.7. The van der Waals surface area contributed by atoms with Gasteiger partial charge in [0.1, 0.15) is 11.8 Å². The molecule has 2 atom stereocenters. The maximum absolute atomic E-state index is 10.0. The summed E-state index contributed by atoms with van der Waals surface area (Å²) < 4.78 is 5.78. The summed E-state index contributed by atoms with van der Waals surface area (Å²) in [4.78, 5) is 0. The van der Waals surface area contributed by atoms with Crippen molar-refractivity contribution in [2.24, 2.45) is 17.1 Å². The van der Waals surface area contributed by atoms with E-state index in [2.05, 4.69) is 18.2 Å². The molecule has 3 rings (SSSR count). The van der Waals surface area contributed by atoms with Crippen LogP contribution in [0.3, 0.4) is 0 Å². The van der Waals surface area contributed by atoms with Gasteiger partial charge in [-0.25, -0.2) is 0 Å². The molecule has 0 saturated carbocycles. The number of nitrogens with two attached hydrogens (primary N) is 1. The smallest absolute Gasteiger partial charge is 0.191 e. The van der Waals surface area contributed by atoms with Gasteiger partial charge in [-0.2, -0.15) is 15.8 Å². The zero-order valence-electron chi connectivity index (χ0n) is 14.7. The Morgan fingerprint density at radius 1 is 1.23 bits per heavy atom. The zero-order chi connectivity index (χ0) is 18.7. The minimum absolute atomic E-state index is 0.0608. The number of hydrogen-bond acceptors (Lipinski definition) is 5. The molecule has 0 bridgehead atoms. The first-order valence-electron chi connectivity index (χ1n) is 8.79. The third kappa shape index (κ3) is 2.43. The van der Waals surface area contributed by atoms with Crippen LogP contribution in [0, 0.1) is 45.3 Å². The molecule has 130 valence electrons. The van der Waals surface area contributed by atoms with Crippen LogP contribution in [0.15, 0.2) is 47.2 Å². The van der Waals surface area contributed by atoms with Gasteiger partial charge in [-0.15, -0.1) is 0 Å². The van der Waals surface area contributed by atoms with Gasteiger partial charge in [0.05, 0.1) is 30.0 Å². The quantitative estimate of drug-likeness (QED) is 0.900. The molecule has 1 aromatic rings. The number of ether oxygens (including phenoxy) is 1. The van der Waals surface area contributed by atoms with Crippen LogP contribution < -0.4 is 10.5 Å². The number of fused-ring (bicyclic) bond motifs is 1. The fourth-order valence-corrected chi connectivity index (χ4v) is 4.24. The van der Waals surface area contributed by atoms with Gasteiger partial charge >= 0.3 is 0 Å². The summed E-state index contributed by atoms with van der Waals surface area (Å²) in [5.74, 6) is 0.0866. The van der Waals surface area contributed by atoms with Gasteiger partial charge in [-0.05, 0) is 43.7 Å². The lowest BCUT2D eigenvalue weighted by Crippen LogP contribution is -2.42. The van der Waals surface area contributed by atoms with Crippen LogP contribution in [0.25, 0.3) is 0 Å². The van der Waals surface area contributed by atoms with Gasteiger partial charge in [-0.1, -0.05) is 24.3 Å². The van der Waals surface area contributed by atoms with E-state index in [9.17, 15) is 15.8 Å². The van der Waals surface area contributed by atoms with Gasteiger partial charge in [0.25, 0.3) is 0 Å². The molecule has 2 unspecified atom stereocenters. The summed E-state index contributed by atoms with van der Waals surface area (Å²) in [6.07, 6.45) is 4.66. The Hall–Kier alpha value is -3.23. The third-order valence-corrected chi connectivity index (χ3v) is 5.35. The number of allylic oxidation sites excluding steroid dienone is 4. The SMILES string of the molecule is CCOc1ccccc1C1C2CCCC=C2C(C#N)=C(N)C1(C#N)C#N. The van der Waals surface area contributed by atoms with Crippen molar-refractivity contribution in [1.29, 1.82) is 15.8 Å². The van der Waals surface area contributed by atoms with Crippen LogP contribution in [0.4, 0.5) is 0 Å². The van der Waals surface area contributed by atoms with E-state index in [4.69, 9.17) is 10.5 Å². The Morgan fingerprint density at radius 3 is 2.62 bits per heavy atom. The minimum Gasteiger partial charge on any atom is -0.494 e. The van der Waals surface area contributed by atoms with Crippen LogP contribution in [0.1, 0.15) is 37.7 Å². The molecule has 5 nitrogen and oxygen atoms in total. The Morgan fingerprint density at radius 2 is 1.96 bits per heavy atom. The van der Waals surface area contributed by atoms with Crippen LogP contribution in [0.2, 0.25) is 0 Å². The Labute approximate surface area is 153 Å². The molecule has 0 fully saturated rings. The first-order valence-corrected chi connectivity index (χ1v) is 8.79. The van der Waals surface area contributed by atoms with Crippen LogP contribution in [0.5, 0.6) is 5.75 Å². The highest BCUT2D eigenvalue weighted by Crippen LogP contribution is 2.57. The van der Waals surface area contributed by atoms with Gasteiger partial charge in [0, 0.05) is 11.5 Å². The highest BCUT2D eigenvalue weighted by atomic mass is 16.5. The normalized spacial score (nSPS) is 23.7. The van der Waals surface area contributed by atoms with Crippen molar-refractivity contribution in [3.05, 3.63) is 52.7 Å². The number of hydrogen-bond donors (Lipinski definition) is 1. The van der Waals surface area contributed by atoms with Crippen molar-refractivity contribution >= 4 is 0 Å². The van der Waals surface area contributed by atoms with Gasteiger partial charge in [0.2, 0.25) is 0 Å². The standard InChI is InChI=1S/C21H20N4O/c1-2-26-18-10-6-5-9-16(18)19-15-8-4-3-7-14(15)17(11-22)20(25)21(19,12-23)13-24/h5-7,9-10,15,19H,2-4,8,25H2,1H3. The molecule has 2 aliphatic carbocycles. The topological polar surface area (TPSA) is 107 Å². The monoisotopic (exact) mass is 344 g/mol. The minimum atomic E-state index is -1.59. The van der Waals surface area contributed by atoms with Crippen molar-refractivity contribution in [3.8, 4) is 24.0 Å². The highest BCUT2D eigenvalue weighted by Gasteiger charge is 2.54. The van der Waals surface area contributed by atoms with Crippen molar-refractivity contribution < 1.29 is 4.74 Å². The molecule has 2 N–H and O–H groups in total. The second-order valence-corrected chi connectivity index (χ2v) is 6.58. The van der Waals surface area contributed by atoms with Crippen LogP contribution in [-0.2, 0) is 0 Å². The molecular formula is C21H20N4O. The molecule has 2 aliphatic rings. The molecule has 0 saturated heterocycles. The van der Waals surface area contributed by atoms with Crippen LogP contribution in [-0.4, -0.2) is 6.61 Å². The number of rotatable bonds is 3. The second kappa shape index (κ2) is 6.95. The predicted molar refractivity (Wildman–Crippen MR) is 96.3 cm³/mol. The van der Waals surface area contributed by atoms with E-state index in [-0.39, 0.29) is 11.6 Å². The number of nitriles is 3. The molecule has 5 heteroatoms. The molecule has 0 heterocycles. The van der Waals surface area contributed by atoms with Crippen LogP contribution >= 0.6 is 0 Å². The molecule has 1 aromatic carbocycles. The van der Waals surface area contributed by atoms with Gasteiger partial charge < -0.3 is 10.5 Å². The number of para-hydroxylation sites is 1. The average molecular weight is 344 g/mol. The lowest BCUT2D eigenvalue weighted by molar-refractivity contribution is 0.291. The van der Waals surface area contributed by atoms with E-state index >= 15 is 0 Å². The maximum Gasteiger partial charge on any atom is 0.191 e. The van der Waals surface area contributed by atoms with E-state index in [1.54, 1.807) is 0 Å². The predicted octanol–water partition coefficient (Wildman–Crippen LogP) is 3.68. The van der Waals surface area contributed by atoms with Crippen molar-refractivity contribution in [2.45, 2.75) is 32.1 Å². The summed E-state index contributed by atoms with van der Waals surface area (Å²) in [7, 11) is 0. The maximum atomic E-state index is 10.0. The molecular weight excluding hydrogens is 324 g/mol. The molecule has 26 heavy (non-hydrogen) atoms. The second-order valence-electron chi connectivity index (χ2n) is 6.58. The lowest BCUT2D eigenvalue weighted by Gasteiger charge is -2.43. The van der Waals surface area contributed by atoms with E-state index in [0.29, 0.717) is 17.9 Å². The summed E-state index contributed by atoms with van der Waals surface area (Å²) in [6.45, 7) is 2.38. The van der Waals surface area contributed by atoms with Gasteiger partial charge in [-0.3, -0.25) is 0 Å². The third-order valence-electron chi connectivity index (χ3n) is 5.35. The van der Waals surface area contributed by atoms with Gasteiger partial charge in [0.15, 0.2) is 5.41 Å². The lowest BCUT2D eigenvalue weighted by atomic mass is 9.56. The summed E-state index contributed by atoms with van der Waals surface area (Å²) in [6, 6.07) is 13.9.